The fraction of sp³-hybridized carbons (Fsp3) is 0.357. The van der Waals surface area contributed by atoms with Crippen molar-refractivity contribution in [3.05, 3.63) is 30.2 Å². The highest BCUT2D eigenvalue weighted by molar-refractivity contribution is 6.00. The number of nitrogens with zero attached hydrogens (tertiary/aromatic N) is 2. The molecule has 0 atom stereocenters. The highest BCUT2D eigenvalue weighted by atomic mass is 19.1. The first kappa shape index (κ1) is 12.6. The molecule has 1 N–H and O–H groups in total. The summed E-state index contributed by atoms with van der Waals surface area (Å²) in [4.78, 5) is 6.29. The lowest BCUT2D eigenvalue weighted by atomic mass is 10.1. The predicted octanol–water partition coefficient (Wildman–Crippen LogP) is 3.26. The predicted molar refractivity (Wildman–Crippen MR) is 74.8 cm³/mol. The summed E-state index contributed by atoms with van der Waals surface area (Å²) in [6, 6.07) is 5.32. The van der Waals surface area contributed by atoms with Crippen LogP contribution in [0, 0.1) is 5.82 Å². The van der Waals surface area contributed by atoms with E-state index >= 15 is 0 Å². The summed E-state index contributed by atoms with van der Waals surface area (Å²) in [5, 5.41) is 4.66. The van der Waals surface area contributed by atoms with Gasteiger partial charge in [-0.3, -0.25) is 0 Å². The molecule has 0 aliphatic rings. The van der Waals surface area contributed by atoms with Crippen molar-refractivity contribution in [2.24, 2.45) is 0 Å². The maximum atomic E-state index is 14.1. The quantitative estimate of drug-likeness (QED) is 0.902. The van der Waals surface area contributed by atoms with Crippen LogP contribution in [0.4, 0.5) is 15.9 Å². The van der Waals surface area contributed by atoms with Crippen LogP contribution in [-0.2, 0) is 0 Å². The van der Waals surface area contributed by atoms with Gasteiger partial charge in [0, 0.05) is 30.9 Å². The molecule has 0 unspecified atom stereocenters. The fourth-order valence-corrected chi connectivity index (χ4v) is 2.02. The van der Waals surface area contributed by atoms with Crippen LogP contribution >= 0.6 is 0 Å². The normalized spacial score (nSPS) is 11.0. The van der Waals surface area contributed by atoms with Gasteiger partial charge in [-0.05, 0) is 19.9 Å². The van der Waals surface area contributed by atoms with Gasteiger partial charge in [0.2, 0.25) is 0 Å². The van der Waals surface area contributed by atoms with Crippen molar-refractivity contribution >= 4 is 22.3 Å². The lowest BCUT2D eigenvalue weighted by molar-refractivity contribution is 0.640. The summed E-state index contributed by atoms with van der Waals surface area (Å²) in [5.74, 6) is 0.556. The molecule has 4 heteroatoms. The molecule has 0 radical (unpaired) electrons. The van der Waals surface area contributed by atoms with Gasteiger partial charge in [0.15, 0.2) is 0 Å². The van der Waals surface area contributed by atoms with E-state index in [0.29, 0.717) is 5.39 Å². The van der Waals surface area contributed by atoms with Gasteiger partial charge in [0.1, 0.15) is 11.6 Å². The largest absolute Gasteiger partial charge is 0.381 e. The minimum absolute atomic E-state index is 0.221. The molecule has 1 heterocycles. The molecule has 2 rings (SSSR count). The summed E-state index contributed by atoms with van der Waals surface area (Å²) in [6.45, 7) is 4.04. The van der Waals surface area contributed by atoms with Crippen molar-refractivity contribution in [2.75, 3.05) is 24.3 Å². The SMILES string of the molecule is CC(C)Nc1cnc(N(C)C)c2cccc(F)c12. The molecule has 0 spiro atoms. The van der Waals surface area contributed by atoms with Crippen LogP contribution in [0.25, 0.3) is 10.8 Å². The van der Waals surface area contributed by atoms with Crippen LogP contribution in [0.5, 0.6) is 0 Å². The number of rotatable bonds is 3. The Morgan fingerprint density at radius 3 is 2.61 bits per heavy atom. The van der Waals surface area contributed by atoms with E-state index < -0.39 is 0 Å². The highest BCUT2D eigenvalue weighted by Gasteiger charge is 2.12. The summed E-state index contributed by atoms with van der Waals surface area (Å²) in [5.41, 5.74) is 0.740. The third kappa shape index (κ3) is 2.23. The smallest absolute Gasteiger partial charge is 0.136 e. The van der Waals surface area contributed by atoms with E-state index in [2.05, 4.69) is 10.3 Å². The van der Waals surface area contributed by atoms with E-state index in [0.717, 1.165) is 16.9 Å². The van der Waals surface area contributed by atoms with Crippen LogP contribution in [0.1, 0.15) is 13.8 Å². The summed E-state index contributed by atoms with van der Waals surface area (Å²) >= 11 is 0. The summed E-state index contributed by atoms with van der Waals surface area (Å²) in [6.07, 6.45) is 1.70. The van der Waals surface area contributed by atoms with Gasteiger partial charge in [-0.2, -0.15) is 0 Å². The second-order valence-electron chi connectivity index (χ2n) is 4.85. The molecular formula is C14H18FN3. The Labute approximate surface area is 107 Å². The number of anilines is 2. The van der Waals surface area contributed by atoms with E-state index in [4.69, 9.17) is 0 Å². The van der Waals surface area contributed by atoms with Crippen LogP contribution in [0.3, 0.4) is 0 Å². The zero-order valence-corrected chi connectivity index (χ0v) is 11.2. The number of nitrogens with one attached hydrogen (secondary N) is 1. The molecular weight excluding hydrogens is 229 g/mol. The van der Waals surface area contributed by atoms with Gasteiger partial charge in [0.05, 0.1) is 11.9 Å². The average molecular weight is 247 g/mol. The van der Waals surface area contributed by atoms with Crippen molar-refractivity contribution in [3.8, 4) is 0 Å². The average Bonchev–Trinajstić information content (AvgIpc) is 2.28. The first-order chi connectivity index (χ1) is 8.50. The Bertz CT molecular complexity index is 564. The Balaban J connectivity index is 2.72. The van der Waals surface area contributed by atoms with E-state index in [1.807, 2.05) is 38.9 Å². The standard InChI is InChI=1S/C14H18FN3/c1-9(2)17-12-8-16-14(18(3)4)10-6-5-7-11(15)13(10)12/h5-9,17H,1-4H3. The molecule has 3 nitrogen and oxygen atoms in total. The molecule has 1 aromatic heterocycles. The van der Waals surface area contributed by atoms with Gasteiger partial charge < -0.3 is 10.2 Å². The van der Waals surface area contributed by atoms with E-state index in [1.165, 1.54) is 6.07 Å². The molecule has 0 saturated heterocycles. The van der Waals surface area contributed by atoms with Gasteiger partial charge >= 0.3 is 0 Å². The second-order valence-corrected chi connectivity index (χ2v) is 4.85. The minimum atomic E-state index is -0.221. The highest BCUT2D eigenvalue weighted by Crippen LogP contribution is 2.31. The number of halogens is 1. The first-order valence-electron chi connectivity index (χ1n) is 6.01. The van der Waals surface area contributed by atoms with Gasteiger partial charge in [0.25, 0.3) is 0 Å². The van der Waals surface area contributed by atoms with Crippen molar-refractivity contribution < 1.29 is 4.39 Å². The van der Waals surface area contributed by atoms with E-state index in [-0.39, 0.29) is 11.9 Å². The van der Waals surface area contributed by atoms with Crippen LogP contribution in [0.2, 0.25) is 0 Å². The third-order valence-electron chi connectivity index (χ3n) is 2.71. The summed E-state index contributed by atoms with van der Waals surface area (Å²) in [7, 11) is 3.81. The Hall–Kier alpha value is -1.84. The second kappa shape index (κ2) is 4.80. The maximum Gasteiger partial charge on any atom is 0.136 e. The molecule has 96 valence electrons. The van der Waals surface area contributed by atoms with Crippen molar-refractivity contribution in [2.45, 2.75) is 19.9 Å². The minimum Gasteiger partial charge on any atom is -0.381 e. The Kier molecular flexibility index (Phi) is 3.36. The molecule has 2 aromatic rings. The summed E-state index contributed by atoms with van der Waals surface area (Å²) < 4.78 is 14.1. The topological polar surface area (TPSA) is 28.2 Å². The van der Waals surface area contributed by atoms with Gasteiger partial charge in [-0.25, -0.2) is 9.37 Å². The lowest BCUT2D eigenvalue weighted by Crippen LogP contribution is -2.14. The monoisotopic (exact) mass is 247 g/mol. The maximum absolute atomic E-state index is 14.1. The van der Waals surface area contributed by atoms with Crippen molar-refractivity contribution in [3.63, 3.8) is 0 Å². The number of fused-ring (bicyclic) bond motifs is 1. The lowest BCUT2D eigenvalue weighted by Gasteiger charge is -2.18. The molecule has 0 aliphatic heterocycles. The molecule has 0 fully saturated rings. The Morgan fingerprint density at radius 2 is 2.00 bits per heavy atom. The number of pyridine rings is 1. The third-order valence-corrected chi connectivity index (χ3v) is 2.71. The molecule has 0 bridgehead atoms. The number of hydrogen-bond donors (Lipinski definition) is 1. The molecule has 18 heavy (non-hydrogen) atoms. The van der Waals surface area contributed by atoms with Crippen molar-refractivity contribution in [1.82, 2.24) is 4.98 Å². The number of benzene rings is 1. The van der Waals surface area contributed by atoms with Gasteiger partial charge in [-0.15, -0.1) is 0 Å². The zero-order valence-electron chi connectivity index (χ0n) is 11.2. The van der Waals surface area contributed by atoms with Crippen LogP contribution in [-0.4, -0.2) is 25.1 Å². The molecule has 1 aromatic carbocycles. The van der Waals surface area contributed by atoms with Crippen LogP contribution < -0.4 is 10.2 Å². The Morgan fingerprint density at radius 1 is 1.28 bits per heavy atom. The fourth-order valence-electron chi connectivity index (χ4n) is 2.02. The van der Waals surface area contributed by atoms with Crippen molar-refractivity contribution in [1.29, 1.82) is 0 Å². The number of hydrogen-bond acceptors (Lipinski definition) is 3. The van der Waals surface area contributed by atoms with E-state index in [1.54, 1.807) is 12.3 Å². The van der Waals surface area contributed by atoms with E-state index in [9.17, 15) is 4.39 Å². The molecule has 0 aliphatic carbocycles. The molecule has 0 amide bonds. The van der Waals surface area contributed by atoms with Gasteiger partial charge in [-0.1, -0.05) is 12.1 Å². The molecule has 0 saturated carbocycles. The number of aromatic nitrogens is 1. The van der Waals surface area contributed by atoms with Crippen LogP contribution in [0.15, 0.2) is 24.4 Å². The first-order valence-corrected chi connectivity index (χ1v) is 6.01. The zero-order chi connectivity index (χ0) is 13.3.